The zero-order chi connectivity index (χ0) is 18.4. The van der Waals surface area contributed by atoms with Crippen molar-refractivity contribution in [3.8, 4) is 0 Å². The molecule has 1 aromatic heterocycles. The summed E-state index contributed by atoms with van der Waals surface area (Å²) in [5.74, 6) is 0.882. The van der Waals surface area contributed by atoms with E-state index in [-0.39, 0.29) is 11.6 Å². The quantitative estimate of drug-likeness (QED) is 0.506. The Morgan fingerprint density at radius 3 is 2.48 bits per heavy atom. The normalized spacial score (nSPS) is 16.2. The molecule has 3 nitrogen and oxygen atoms in total. The van der Waals surface area contributed by atoms with Gasteiger partial charge in [0.05, 0.1) is 6.26 Å². The van der Waals surface area contributed by atoms with Crippen molar-refractivity contribution in [3.05, 3.63) is 70.2 Å². The highest BCUT2D eigenvalue weighted by Gasteiger charge is 2.16. The Morgan fingerprint density at radius 1 is 1.04 bits per heavy atom. The van der Waals surface area contributed by atoms with E-state index >= 15 is 0 Å². The van der Waals surface area contributed by atoms with Crippen LogP contribution >= 0.6 is 0 Å². The lowest BCUT2D eigenvalue weighted by Gasteiger charge is -2.08. The first-order chi connectivity index (χ1) is 11.8. The SMILES string of the molecule is CC(=CCC1=CC(=O)C(C)=CC1=O)CCC=C(C)Cc1cc(C)co1. The third-order valence-electron chi connectivity index (χ3n) is 4.30. The standard InChI is InChI=1S/C22H26O3/c1-15(8-9-19-13-21(23)18(4)12-22(19)24)6-5-7-16(2)10-20-11-17(3)14-25-20/h7-8,11-14H,5-6,9-10H2,1-4H3. The molecule has 1 aliphatic rings. The van der Waals surface area contributed by atoms with Crippen LogP contribution in [0.2, 0.25) is 0 Å². The van der Waals surface area contributed by atoms with Gasteiger partial charge in [0, 0.05) is 17.6 Å². The van der Waals surface area contributed by atoms with E-state index in [1.54, 1.807) is 13.2 Å². The van der Waals surface area contributed by atoms with Gasteiger partial charge in [0.25, 0.3) is 0 Å². The molecule has 0 aliphatic heterocycles. The Morgan fingerprint density at radius 2 is 1.80 bits per heavy atom. The molecule has 0 N–H and O–H groups in total. The van der Waals surface area contributed by atoms with Crippen LogP contribution in [0.25, 0.3) is 0 Å². The topological polar surface area (TPSA) is 47.3 Å². The lowest BCUT2D eigenvalue weighted by molar-refractivity contribution is -0.115. The van der Waals surface area contributed by atoms with Crippen LogP contribution in [0, 0.1) is 6.92 Å². The Bertz CT molecular complexity index is 782. The number of hydrogen-bond acceptors (Lipinski definition) is 3. The number of allylic oxidation sites excluding steroid dienone is 8. The minimum atomic E-state index is -0.0626. The highest BCUT2D eigenvalue weighted by Crippen LogP contribution is 2.18. The maximum absolute atomic E-state index is 11.9. The Kier molecular flexibility index (Phi) is 6.51. The predicted molar refractivity (Wildman–Crippen MR) is 100 cm³/mol. The van der Waals surface area contributed by atoms with Gasteiger partial charge >= 0.3 is 0 Å². The maximum Gasteiger partial charge on any atom is 0.182 e. The molecule has 0 saturated heterocycles. The first-order valence-corrected chi connectivity index (χ1v) is 8.68. The van der Waals surface area contributed by atoms with E-state index in [4.69, 9.17) is 4.42 Å². The van der Waals surface area contributed by atoms with Crippen molar-refractivity contribution >= 4 is 11.6 Å². The van der Waals surface area contributed by atoms with Gasteiger partial charge in [-0.1, -0.05) is 23.3 Å². The lowest BCUT2D eigenvalue weighted by atomic mass is 9.95. The molecule has 0 bridgehead atoms. The zero-order valence-electron chi connectivity index (χ0n) is 15.5. The van der Waals surface area contributed by atoms with Gasteiger partial charge in [-0.25, -0.2) is 0 Å². The van der Waals surface area contributed by atoms with E-state index in [0.29, 0.717) is 17.6 Å². The van der Waals surface area contributed by atoms with Gasteiger partial charge in [-0.05, 0) is 70.7 Å². The zero-order valence-corrected chi connectivity index (χ0v) is 15.5. The second kappa shape index (κ2) is 8.61. The third-order valence-corrected chi connectivity index (χ3v) is 4.30. The summed E-state index contributed by atoms with van der Waals surface area (Å²) < 4.78 is 5.47. The molecule has 1 heterocycles. The highest BCUT2D eigenvalue weighted by atomic mass is 16.3. The van der Waals surface area contributed by atoms with Crippen LogP contribution < -0.4 is 0 Å². The average molecular weight is 338 g/mol. The van der Waals surface area contributed by atoms with Crippen LogP contribution in [0.5, 0.6) is 0 Å². The number of carbonyl (C=O) groups excluding carboxylic acids is 2. The van der Waals surface area contributed by atoms with Crippen molar-refractivity contribution < 1.29 is 14.0 Å². The van der Waals surface area contributed by atoms with E-state index in [9.17, 15) is 9.59 Å². The van der Waals surface area contributed by atoms with E-state index in [2.05, 4.69) is 26.0 Å². The highest BCUT2D eigenvalue weighted by molar-refractivity contribution is 6.19. The van der Waals surface area contributed by atoms with Gasteiger partial charge in [-0.15, -0.1) is 0 Å². The van der Waals surface area contributed by atoms with Crippen LogP contribution in [-0.4, -0.2) is 11.6 Å². The van der Waals surface area contributed by atoms with Gasteiger partial charge in [0.15, 0.2) is 11.6 Å². The van der Waals surface area contributed by atoms with E-state index < -0.39 is 0 Å². The van der Waals surface area contributed by atoms with Gasteiger partial charge in [0.2, 0.25) is 0 Å². The molecule has 0 spiro atoms. The molecule has 1 aliphatic carbocycles. The summed E-state index contributed by atoms with van der Waals surface area (Å²) in [5, 5.41) is 0. The number of hydrogen-bond donors (Lipinski definition) is 0. The summed E-state index contributed by atoms with van der Waals surface area (Å²) in [5.41, 5.74) is 4.76. The molecule has 0 amide bonds. The van der Waals surface area contributed by atoms with Crippen molar-refractivity contribution in [3.63, 3.8) is 0 Å². The predicted octanol–water partition coefficient (Wildman–Crippen LogP) is 5.22. The van der Waals surface area contributed by atoms with E-state index in [1.807, 2.05) is 13.0 Å². The summed E-state index contributed by atoms with van der Waals surface area (Å²) in [6.07, 6.45) is 12.2. The maximum atomic E-state index is 11.9. The molecule has 0 saturated carbocycles. The summed E-state index contributed by atoms with van der Waals surface area (Å²) in [7, 11) is 0. The molecule has 0 atom stereocenters. The smallest absolute Gasteiger partial charge is 0.182 e. The fraction of sp³-hybridized carbons (Fsp3) is 0.364. The van der Waals surface area contributed by atoms with Crippen molar-refractivity contribution in [2.45, 2.75) is 53.4 Å². The van der Waals surface area contributed by atoms with Crippen LogP contribution in [0.3, 0.4) is 0 Å². The summed E-state index contributed by atoms with van der Waals surface area (Å²) in [4.78, 5) is 23.6. The molecule has 0 radical (unpaired) electrons. The minimum absolute atomic E-state index is 0.0503. The Labute approximate surface area is 149 Å². The average Bonchev–Trinajstić information content (AvgIpc) is 2.94. The summed E-state index contributed by atoms with van der Waals surface area (Å²) >= 11 is 0. The lowest BCUT2D eigenvalue weighted by Crippen LogP contribution is -2.11. The fourth-order valence-electron chi connectivity index (χ4n) is 2.73. The monoisotopic (exact) mass is 338 g/mol. The third kappa shape index (κ3) is 5.86. The van der Waals surface area contributed by atoms with Crippen molar-refractivity contribution in [2.75, 3.05) is 0 Å². The first-order valence-electron chi connectivity index (χ1n) is 8.68. The van der Waals surface area contributed by atoms with E-state index in [1.165, 1.54) is 23.3 Å². The molecule has 132 valence electrons. The van der Waals surface area contributed by atoms with E-state index in [0.717, 1.165) is 30.6 Å². The van der Waals surface area contributed by atoms with Gasteiger partial charge in [-0.3, -0.25) is 9.59 Å². The largest absolute Gasteiger partial charge is 0.469 e. The second-order valence-electron chi connectivity index (χ2n) is 6.84. The molecule has 0 fully saturated rings. The molecule has 0 unspecified atom stereocenters. The van der Waals surface area contributed by atoms with Crippen LogP contribution in [0.1, 0.15) is 51.4 Å². The molecule has 3 heteroatoms. The summed E-state index contributed by atoms with van der Waals surface area (Å²) in [6.45, 7) is 7.88. The van der Waals surface area contributed by atoms with Crippen LogP contribution in [0.15, 0.2) is 63.3 Å². The number of ketones is 2. The molecule has 0 aromatic carbocycles. The number of rotatable bonds is 7. The van der Waals surface area contributed by atoms with Gasteiger partial charge in [-0.2, -0.15) is 0 Å². The van der Waals surface area contributed by atoms with Crippen molar-refractivity contribution in [1.82, 2.24) is 0 Å². The van der Waals surface area contributed by atoms with Gasteiger partial charge in [0.1, 0.15) is 5.76 Å². The van der Waals surface area contributed by atoms with Crippen LogP contribution in [0.4, 0.5) is 0 Å². The first kappa shape index (κ1) is 18.9. The Hall–Kier alpha value is -2.42. The van der Waals surface area contributed by atoms with Gasteiger partial charge < -0.3 is 4.42 Å². The van der Waals surface area contributed by atoms with Crippen molar-refractivity contribution in [1.29, 1.82) is 0 Å². The molecular formula is C22H26O3. The summed E-state index contributed by atoms with van der Waals surface area (Å²) in [6, 6.07) is 2.06. The number of carbonyl (C=O) groups is 2. The number of furan rings is 1. The Balaban J connectivity index is 1.81. The molecule has 25 heavy (non-hydrogen) atoms. The fourth-order valence-corrected chi connectivity index (χ4v) is 2.73. The molecule has 2 rings (SSSR count). The second-order valence-corrected chi connectivity index (χ2v) is 6.84. The van der Waals surface area contributed by atoms with Crippen molar-refractivity contribution in [2.24, 2.45) is 0 Å². The molecule has 1 aromatic rings. The number of aryl methyl sites for hydroxylation is 1. The van der Waals surface area contributed by atoms with Crippen LogP contribution in [-0.2, 0) is 16.0 Å². The minimum Gasteiger partial charge on any atom is -0.469 e. The molecular weight excluding hydrogens is 312 g/mol.